The molecule has 1 N–H and O–H groups in total. The first-order valence-electron chi connectivity index (χ1n) is 7.02. The zero-order valence-electron chi connectivity index (χ0n) is 12.3. The van der Waals surface area contributed by atoms with Crippen LogP contribution in [0, 0.1) is 10.1 Å². The maximum atomic E-state index is 10.6. The molecule has 5 nitrogen and oxygen atoms in total. The summed E-state index contributed by atoms with van der Waals surface area (Å²) >= 11 is 0. The van der Waals surface area contributed by atoms with Gasteiger partial charge in [0.25, 0.3) is 5.69 Å². The summed E-state index contributed by atoms with van der Waals surface area (Å²) in [5.74, 6) is 0. The second-order valence-corrected chi connectivity index (χ2v) is 4.77. The van der Waals surface area contributed by atoms with Crippen LogP contribution in [0.25, 0.3) is 12.2 Å². The normalized spacial score (nSPS) is 10.8. The van der Waals surface area contributed by atoms with Crippen molar-refractivity contribution in [3.8, 4) is 0 Å². The highest BCUT2D eigenvalue weighted by molar-refractivity contribution is 5.70. The van der Waals surface area contributed by atoms with Crippen LogP contribution in [-0.2, 0) is 0 Å². The van der Waals surface area contributed by atoms with Crippen molar-refractivity contribution in [2.75, 3.05) is 18.2 Å². The average molecular weight is 298 g/mol. The molecular weight excluding hydrogens is 280 g/mol. The molecule has 0 unspecified atom stereocenters. The van der Waals surface area contributed by atoms with Gasteiger partial charge in [0.15, 0.2) is 0 Å². The Bertz CT molecular complexity index is 645. The van der Waals surface area contributed by atoms with Gasteiger partial charge in [-0.25, -0.2) is 0 Å². The van der Waals surface area contributed by atoms with E-state index < -0.39 is 4.92 Å². The molecule has 2 aromatic carbocycles. The lowest BCUT2D eigenvalue weighted by Gasteiger charge is -2.19. The summed E-state index contributed by atoms with van der Waals surface area (Å²) in [6.07, 6.45) is 3.85. The summed E-state index contributed by atoms with van der Waals surface area (Å²) in [7, 11) is 0. The molecular formula is C17H18N2O3. The summed E-state index contributed by atoms with van der Waals surface area (Å²) in [4.78, 5) is 12.0. The summed E-state index contributed by atoms with van der Waals surface area (Å²) in [5, 5.41) is 19.8. The lowest BCUT2D eigenvalue weighted by Crippen LogP contribution is -2.23. The largest absolute Gasteiger partial charge is 0.376 e. The highest BCUT2D eigenvalue weighted by Gasteiger charge is 2.03. The lowest BCUT2D eigenvalue weighted by molar-refractivity contribution is -0.384. The second kappa shape index (κ2) is 7.38. The van der Waals surface area contributed by atoms with Gasteiger partial charge in [-0.15, -0.1) is 0 Å². The Morgan fingerprint density at radius 3 is 1.95 bits per heavy atom. The van der Waals surface area contributed by atoms with E-state index in [9.17, 15) is 15.2 Å². The standard InChI is InChI=1S/C17H18N2O3/c1-2-18(13-20)16-9-5-14(6-10-16)3-4-15-7-11-17(12-8-15)19(21)22/h3-12,20H,2,13H2,1H3. The summed E-state index contributed by atoms with van der Waals surface area (Å²) in [6.45, 7) is 2.72. The molecule has 0 aliphatic carbocycles. The molecule has 0 aromatic heterocycles. The second-order valence-electron chi connectivity index (χ2n) is 4.77. The molecule has 5 heteroatoms. The quantitative estimate of drug-likeness (QED) is 0.383. The topological polar surface area (TPSA) is 66.6 Å². The summed E-state index contributed by atoms with van der Waals surface area (Å²) < 4.78 is 0. The van der Waals surface area contributed by atoms with E-state index in [-0.39, 0.29) is 12.4 Å². The van der Waals surface area contributed by atoms with Gasteiger partial charge >= 0.3 is 0 Å². The van der Waals surface area contributed by atoms with E-state index in [4.69, 9.17) is 0 Å². The van der Waals surface area contributed by atoms with Crippen molar-refractivity contribution in [3.05, 3.63) is 69.8 Å². The first kappa shape index (κ1) is 15.7. The fourth-order valence-electron chi connectivity index (χ4n) is 2.06. The Hall–Kier alpha value is -2.66. The number of aliphatic hydroxyl groups excluding tert-OH is 1. The molecule has 2 aromatic rings. The number of hydrogen-bond acceptors (Lipinski definition) is 4. The van der Waals surface area contributed by atoms with Crippen LogP contribution in [0.15, 0.2) is 48.5 Å². The number of nitrogens with zero attached hydrogens (tertiary/aromatic N) is 2. The van der Waals surface area contributed by atoms with Gasteiger partial charge in [0, 0.05) is 24.4 Å². The van der Waals surface area contributed by atoms with Gasteiger partial charge in [0.05, 0.1) is 4.92 Å². The molecule has 114 valence electrons. The van der Waals surface area contributed by atoms with Gasteiger partial charge < -0.3 is 10.0 Å². The SMILES string of the molecule is CCN(CO)c1ccc(C=Cc2ccc([N+](=O)[O-])cc2)cc1. The fraction of sp³-hybridized carbons (Fsp3) is 0.176. The smallest absolute Gasteiger partial charge is 0.269 e. The van der Waals surface area contributed by atoms with Crippen molar-refractivity contribution in [2.24, 2.45) is 0 Å². The maximum Gasteiger partial charge on any atom is 0.269 e. The highest BCUT2D eigenvalue weighted by atomic mass is 16.6. The number of hydrogen-bond donors (Lipinski definition) is 1. The number of nitro benzene ring substituents is 1. The van der Waals surface area contributed by atoms with Crippen molar-refractivity contribution in [3.63, 3.8) is 0 Å². The van der Waals surface area contributed by atoms with E-state index in [1.807, 2.05) is 48.2 Å². The van der Waals surface area contributed by atoms with E-state index in [0.717, 1.165) is 23.4 Å². The van der Waals surface area contributed by atoms with Crippen molar-refractivity contribution in [1.82, 2.24) is 0 Å². The minimum Gasteiger partial charge on any atom is -0.376 e. The third kappa shape index (κ3) is 3.93. The molecule has 22 heavy (non-hydrogen) atoms. The minimum atomic E-state index is -0.410. The lowest BCUT2D eigenvalue weighted by atomic mass is 10.1. The van der Waals surface area contributed by atoms with Crippen LogP contribution in [0.2, 0.25) is 0 Å². The predicted octanol–water partition coefficient (Wildman–Crippen LogP) is 3.54. The van der Waals surface area contributed by atoms with Crippen molar-refractivity contribution >= 4 is 23.5 Å². The molecule has 0 aliphatic rings. The van der Waals surface area contributed by atoms with Gasteiger partial charge in [-0.05, 0) is 42.3 Å². The molecule has 0 bridgehead atoms. The monoisotopic (exact) mass is 298 g/mol. The average Bonchev–Trinajstić information content (AvgIpc) is 2.55. The van der Waals surface area contributed by atoms with Gasteiger partial charge in [0.1, 0.15) is 6.73 Å². The molecule has 0 fully saturated rings. The number of nitro groups is 1. The van der Waals surface area contributed by atoms with Crippen LogP contribution >= 0.6 is 0 Å². The molecule has 0 amide bonds. The fourth-order valence-corrected chi connectivity index (χ4v) is 2.06. The highest BCUT2D eigenvalue weighted by Crippen LogP contribution is 2.17. The molecule has 0 heterocycles. The van der Waals surface area contributed by atoms with Crippen molar-refractivity contribution in [2.45, 2.75) is 6.92 Å². The Kier molecular flexibility index (Phi) is 5.27. The zero-order valence-corrected chi connectivity index (χ0v) is 12.3. The Morgan fingerprint density at radius 2 is 1.55 bits per heavy atom. The van der Waals surface area contributed by atoms with E-state index in [0.29, 0.717) is 0 Å². The maximum absolute atomic E-state index is 10.6. The number of aliphatic hydroxyl groups is 1. The van der Waals surface area contributed by atoms with Crippen LogP contribution < -0.4 is 4.90 Å². The number of non-ortho nitro benzene ring substituents is 1. The molecule has 2 rings (SSSR count). The van der Waals surface area contributed by atoms with Crippen LogP contribution in [0.4, 0.5) is 11.4 Å². The first-order valence-corrected chi connectivity index (χ1v) is 7.02. The van der Waals surface area contributed by atoms with Gasteiger partial charge in [-0.3, -0.25) is 10.1 Å². The molecule has 0 saturated heterocycles. The van der Waals surface area contributed by atoms with E-state index in [2.05, 4.69) is 0 Å². The molecule has 0 spiro atoms. The third-order valence-corrected chi connectivity index (χ3v) is 3.38. The zero-order chi connectivity index (χ0) is 15.9. The van der Waals surface area contributed by atoms with Crippen LogP contribution in [-0.4, -0.2) is 23.3 Å². The van der Waals surface area contributed by atoms with Crippen LogP contribution in [0.1, 0.15) is 18.1 Å². The molecule has 0 aliphatic heterocycles. The van der Waals surface area contributed by atoms with Crippen molar-refractivity contribution in [1.29, 1.82) is 0 Å². The van der Waals surface area contributed by atoms with Gasteiger partial charge in [0.2, 0.25) is 0 Å². The Morgan fingerprint density at radius 1 is 1.05 bits per heavy atom. The Labute approximate surface area is 129 Å². The molecule has 0 atom stereocenters. The predicted molar refractivity (Wildman–Crippen MR) is 88.6 cm³/mol. The van der Waals surface area contributed by atoms with E-state index in [1.165, 1.54) is 12.1 Å². The van der Waals surface area contributed by atoms with Crippen LogP contribution in [0.5, 0.6) is 0 Å². The number of anilines is 1. The first-order chi connectivity index (χ1) is 10.6. The molecule has 0 radical (unpaired) electrons. The number of rotatable bonds is 6. The van der Waals surface area contributed by atoms with Crippen LogP contribution in [0.3, 0.4) is 0 Å². The molecule has 0 saturated carbocycles. The Balaban J connectivity index is 2.08. The summed E-state index contributed by atoms with van der Waals surface area (Å²) in [5.41, 5.74) is 2.99. The van der Waals surface area contributed by atoms with E-state index >= 15 is 0 Å². The van der Waals surface area contributed by atoms with Gasteiger partial charge in [-0.1, -0.05) is 24.3 Å². The van der Waals surface area contributed by atoms with Crippen molar-refractivity contribution < 1.29 is 10.0 Å². The number of benzene rings is 2. The van der Waals surface area contributed by atoms with Gasteiger partial charge in [-0.2, -0.15) is 0 Å². The third-order valence-electron chi connectivity index (χ3n) is 3.38. The summed E-state index contributed by atoms with van der Waals surface area (Å²) in [6, 6.07) is 14.3. The minimum absolute atomic E-state index is 0.00548. The van der Waals surface area contributed by atoms with E-state index in [1.54, 1.807) is 12.1 Å².